The van der Waals surface area contributed by atoms with Crippen molar-refractivity contribution in [2.24, 2.45) is 5.92 Å². The van der Waals surface area contributed by atoms with E-state index in [1.54, 1.807) is 6.20 Å². The topological polar surface area (TPSA) is 45.2 Å². The number of likely N-dealkylation sites (tertiary alicyclic amines) is 1. The minimum absolute atomic E-state index is 0.0830. The van der Waals surface area contributed by atoms with Crippen molar-refractivity contribution in [2.45, 2.75) is 31.7 Å². The number of carbonyl (C=O) groups is 1. The Bertz CT molecular complexity index is 695. The molecule has 0 radical (unpaired) electrons. The van der Waals surface area contributed by atoms with E-state index in [0.29, 0.717) is 11.7 Å². The Morgan fingerprint density at radius 2 is 1.96 bits per heavy atom. The standard InChI is InChI=1S/C19H23N3O/c23-19(18-16-5-2-1-4-14(16)7-11-21-18)22-12-8-15(9-13-22)17-6-3-10-20-17/h1-2,4-5,7,11,15,17,20H,3,6,8-10,12-13H2. The number of piperidine rings is 1. The van der Waals surface area contributed by atoms with Crippen molar-refractivity contribution >= 4 is 16.7 Å². The molecule has 2 saturated heterocycles. The van der Waals surface area contributed by atoms with Crippen LogP contribution >= 0.6 is 0 Å². The first-order chi connectivity index (χ1) is 11.3. The van der Waals surface area contributed by atoms with Gasteiger partial charge < -0.3 is 10.2 Å². The summed E-state index contributed by atoms with van der Waals surface area (Å²) in [7, 11) is 0. The summed E-state index contributed by atoms with van der Waals surface area (Å²) < 4.78 is 0. The number of carbonyl (C=O) groups excluding carboxylic acids is 1. The quantitative estimate of drug-likeness (QED) is 0.928. The van der Waals surface area contributed by atoms with Gasteiger partial charge in [-0.05, 0) is 49.6 Å². The Kier molecular flexibility index (Phi) is 4.00. The predicted octanol–water partition coefficient (Wildman–Crippen LogP) is 2.84. The van der Waals surface area contributed by atoms with Crippen molar-refractivity contribution in [3.63, 3.8) is 0 Å². The Hall–Kier alpha value is -1.94. The maximum absolute atomic E-state index is 12.9. The second-order valence-electron chi connectivity index (χ2n) is 6.71. The normalized spacial score (nSPS) is 22.6. The van der Waals surface area contributed by atoms with E-state index in [-0.39, 0.29) is 5.91 Å². The first kappa shape index (κ1) is 14.6. The molecule has 4 rings (SSSR count). The third kappa shape index (κ3) is 2.83. The highest BCUT2D eigenvalue weighted by molar-refractivity contribution is 6.05. The Morgan fingerprint density at radius 1 is 1.13 bits per heavy atom. The molecule has 4 heteroatoms. The largest absolute Gasteiger partial charge is 0.337 e. The van der Waals surface area contributed by atoms with Gasteiger partial charge in [0.15, 0.2) is 0 Å². The lowest BCUT2D eigenvalue weighted by Gasteiger charge is -2.34. The molecule has 23 heavy (non-hydrogen) atoms. The van der Waals surface area contributed by atoms with Crippen LogP contribution in [-0.2, 0) is 0 Å². The number of benzene rings is 1. The van der Waals surface area contributed by atoms with E-state index in [1.165, 1.54) is 12.8 Å². The first-order valence-corrected chi connectivity index (χ1v) is 8.69. The van der Waals surface area contributed by atoms with E-state index in [1.807, 2.05) is 35.2 Å². The van der Waals surface area contributed by atoms with Crippen molar-refractivity contribution in [2.75, 3.05) is 19.6 Å². The molecule has 1 N–H and O–H groups in total. The third-order valence-corrected chi connectivity index (χ3v) is 5.37. The zero-order valence-corrected chi connectivity index (χ0v) is 13.4. The summed E-state index contributed by atoms with van der Waals surface area (Å²) in [4.78, 5) is 19.3. The van der Waals surface area contributed by atoms with Crippen molar-refractivity contribution in [1.82, 2.24) is 15.2 Å². The summed E-state index contributed by atoms with van der Waals surface area (Å²) in [6.45, 7) is 2.86. The van der Waals surface area contributed by atoms with Gasteiger partial charge in [0.2, 0.25) is 0 Å². The number of nitrogens with one attached hydrogen (secondary N) is 1. The van der Waals surface area contributed by atoms with Crippen LogP contribution in [-0.4, -0.2) is 41.5 Å². The molecule has 0 bridgehead atoms. The van der Waals surface area contributed by atoms with Gasteiger partial charge >= 0.3 is 0 Å². The van der Waals surface area contributed by atoms with Crippen LogP contribution in [0.4, 0.5) is 0 Å². The second kappa shape index (κ2) is 6.28. The molecular formula is C19H23N3O. The molecule has 3 heterocycles. The summed E-state index contributed by atoms with van der Waals surface area (Å²) in [6, 6.07) is 10.6. The molecule has 1 aromatic heterocycles. The van der Waals surface area contributed by atoms with E-state index in [0.717, 1.165) is 49.2 Å². The number of fused-ring (bicyclic) bond motifs is 1. The van der Waals surface area contributed by atoms with Gasteiger partial charge in [0.25, 0.3) is 5.91 Å². The number of hydrogen-bond acceptors (Lipinski definition) is 3. The molecule has 2 aromatic rings. The third-order valence-electron chi connectivity index (χ3n) is 5.37. The highest BCUT2D eigenvalue weighted by atomic mass is 16.2. The maximum Gasteiger partial charge on any atom is 0.273 e. The number of rotatable bonds is 2. The van der Waals surface area contributed by atoms with Crippen molar-refractivity contribution in [3.05, 3.63) is 42.2 Å². The molecule has 0 saturated carbocycles. The molecule has 2 aliphatic rings. The molecule has 1 amide bonds. The molecule has 1 atom stereocenters. The molecule has 1 unspecified atom stereocenters. The van der Waals surface area contributed by atoms with Crippen LogP contribution in [0.3, 0.4) is 0 Å². The number of hydrogen-bond donors (Lipinski definition) is 1. The van der Waals surface area contributed by atoms with E-state index in [2.05, 4.69) is 10.3 Å². The summed E-state index contributed by atoms with van der Waals surface area (Å²) in [6.07, 6.45) is 6.54. The molecule has 0 spiro atoms. The Balaban J connectivity index is 1.49. The summed E-state index contributed by atoms with van der Waals surface area (Å²) in [5, 5.41) is 5.65. The molecule has 2 aliphatic heterocycles. The minimum atomic E-state index is 0.0830. The molecular weight excluding hydrogens is 286 g/mol. The van der Waals surface area contributed by atoms with Gasteiger partial charge in [0.1, 0.15) is 5.69 Å². The molecule has 120 valence electrons. The summed E-state index contributed by atoms with van der Waals surface area (Å²) in [5.74, 6) is 0.807. The van der Waals surface area contributed by atoms with E-state index in [4.69, 9.17) is 0 Å². The van der Waals surface area contributed by atoms with E-state index in [9.17, 15) is 4.79 Å². The fourth-order valence-electron chi connectivity index (χ4n) is 4.06. The molecule has 4 nitrogen and oxygen atoms in total. The predicted molar refractivity (Wildman–Crippen MR) is 91.4 cm³/mol. The first-order valence-electron chi connectivity index (χ1n) is 8.69. The summed E-state index contributed by atoms with van der Waals surface area (Å²) >= 11 is 0. The molecule has 2 fully saturated rings. The smallest absolute Gasteiger partial charge is 0.273 e. The highest BCUT2D eigenvalue weighted by Gasteiger charge is 2.30. The number of nitrogens with zero attached hydrogens (tertiary/aromatic N) is 2. The lowest BCUT2D eigenvalue weighted by molar-refractivity contribution is 0.0670. The number of amides is 1. The average Bonchev–Trinajstić information content (AvgIpc) is 3.15. The van der Waals surface area contributed by atoms with Gasteiger partial charge in [-0.25, -0.2) is 0 Å². The zero-order valence-electron chi connectivity index (χ0n) is 13.4. The van der Waals surface area contributed by atoms with Crippen LogP contribution in [0.25, 0.3) is 10.8 Å². The lowest BCUT2D eigenvalue weighted by Crippen LogP contribution is -2.43. The second-order valence-corrected chi connectivity index (χ2v) is 6.71. The van der Waals surface area contributed by atoms with Crippen LogP contribution < -0.4 is 5.32 Å². The fourth-order valence-corrected chi connectivity index (χ4v) is 4.06. The molecule has 1 aromatic carbocycles. The van der Waals surface area contributed by atoms with Crippen LogP contribution in [0.5, 0.6) is 0 Å². The van der Waals surface area contributed by atoms with Crippen LogP contribution in [0.15, 0.2) is 36.5 Å². The molecule has 0 aliphatic carbocycles. The Morgan fingerprint density at radius 3 is 2.74 bits per heavy atom. The van der Waals surface area contributed by atoms with Gasteiger partial charge in [0.05, 0.1) is 0 Å². The van der Waals surface area contributed by atoms with Gasteiger partial charge in [-0.2, -0.15) is 0 Å². The monoisotopic (exact) mass is 309 g/mol. The zero-order chi connectivity index (χ0) is 15.6. The Labute approximate surface area is 136 Å². The maximum atomic E-state index is 12.9. The van der Waals surface area contributed by atoms with Crippen molar-refractivity contribution in [3.8, 4) is 0 Å². The van der Waals surface area contributed by atoms with Gasteiger partial charge in [-0.1, -0.05) is 24.3 Å². The number of pyridine rings is 1. The van der Waals surface area contributed by atoms with Gasteiger partial charge in [0, 0.05) is 30.7 Å². The van der Waals surface area contributed by atoms with E-state index >= 15 is 0 Å². The number of aromatic nitrogens is 1. The van der Waals surface area contributed by atoms with E-state index < -0.39 is 0 Å². The summed E-state index contributed by atoms with van der Waals surface area (Å²) in [5.41, 5.74) is 0.598. The van der Waals surface area contributed by atoms with Gasteiger partial charge in [-0.15, -0.1) is 0 Å². The van der Waals surface area contributed by atoms with Gasteiger partial charge in [-0.3, -0.25) is 9.78 Å². The highest BCUT2D eigenvalue weighted by Crippen LogP contribution is 2.27. The van der Waals surface area contributed by atoms with Crippen molar-refractivity contribution < 1.29 is 4.79 Å². The van der Waals surface area contributed by atoms with Crippen LogP contribution in [0, 0.1) is 5.92 Å². The van der Waals surface area contributed by atoms with Crippen LogP contribution in [0.2, 0.25) is 0 Å². The lowest BCUT2D eigenvalue weighted by atomic mass is 9.88. The minimum Gasteiger partial charge on any atom is -0.337 e. The van der Waals surface area contributed by atoms with Crippen molar-refractivity contribution in [1.29, 1.82) is 0 Å². The average molecular weight is 309 g/mol. The fraction of sp³-hybridized carbons (Fsp3) is 0.474. The SMILES string of the molecule is O=C(c1nccc2ccccc12)N1CCC(C2CCCN2)CC1. The van der Waals surface area contributed by atoms with Crippen LogP contribution in [0.1, 0.15) is 36.2 Å².